The Hall–Kier alpha value is -3.48. The number of pyridine rings is 1. The zero-order chi connectivity index (χ0) is 17.4. The number of nitrogens with zero attached hydrogens (tertiary/aromatic N) is 1. The Labute approximate surface area is 138 Å². The van der Waals surface area contributed by atoms with Gasteiger partial charge in [-0.25, -0.2) is 4.79 Å². The molecular formula is C17H15N3O4. The van der Waals surface area contributed by atoms with Crippen molar-refractivity contribution in [2.75, 3.05) is 0 Å². The average molecular weight is 325 g/mol. The van der Waals surface area contributed by atoms with E-state index in [4.69, 9.17) is 5.11 Å². The van der Waals surface area contributed by atoms with Crippen LogP contribution in [0.25, 0.3) is 0 Å². The standard InChI is InChI=1S/C17H15N3O4/c21-15(6-7-16(22)23)19-20-17(24)14-11-18-9-8-13(14)10-12-4-2-1-3-5-12/h1-9,11H,10H2,(H,19,21)(H,20,24)(H,22,23)/b7-6+. The molecule has 0 atom stereocenters. The van der Waals surface area contributed by atoms with Crippen LogP contribution in [-0.2, 0) is 16.0 Å². The molecule has 1 heterocycles. The van der Waals surface area contributed by atoms with Crippen molar-refractivity contribution in [2.45, 2.75) is 6.42 Å². The highest BCUT2D eigenvalue weighted by atomic mass is 16.4. The maximum Gasteiger partial charge on any atom is 0.328 e. The smallest absolute Gasteiger partial charge is 0.328 e. The van der Waals surface area contributed by atoms with Crippen molar-refractivity contribution in [3.63, 3.8) is 0 Å². The second-order valence-electron chi connectivity index (χ2n) is 4.81. The molecule has 24 heavy (non-hydrogen) atoms. The van der Waals surface area contributed by atoms with Gasteiger partial charge in [-0.2, -0.15) is 0 Å². The van der Waals surface area contributed by atoms with E-state index >= 15 is 0 Å². The first-order valence-corrected chi connectivity index (χ1v) is 7.04. The lowest BCUT2D eigenvalue weighted by molar-refractivity contribution is -0.131. The van der Waals surface area contributed by atoms with Crippen LogP contribution in [0.4, 0.5) is 0 Å². The minimum Gasteiger partial charge on any atom is -0.478 e. The van der Waals surface area contributed by atoms with Crippen molar-refractivity contribution in [1.29, 1.82) is 0 Å². The Balaban J connectivity index is 2.04. The molecule has 7 nitrogen and oxygen atoms in total. The third-order valence-corrected chi connectivity index (χ3v) is 3.07. The zero-order valence-electron chi connectivity index (χ0n) is 12.6. The van der Waals surface area contributed by atoms with E-state index in [0.29, 0.717) is 18.1 Å². The maximum absolute atomic E-state index is 12.2. The first kappa shape index (κ1) is 16.9. The van der Waals surface area contributed by atoms with Crippen LogP contribution in [0.2, 0.25) is 0 Å². The minimum atomic E-state index is -1.26. The summed E-state index contributed by atoms with van der Waals surface area (Å²) in [5, 5.41) is 8.43. The summed E-state index contributed by atoms with van der Waals surface area (Å²) in [6.45, 7) is 0. The van der Waals surface area contributed by atoms with Crippen LogP contribution in [0.15, 0.2) is 60.9 Å². The molecule has 1 aromatic heterocycles. The SMILES string of the molecule is O=C(O)/C=C/C(=O)NNC(=O)c1cnccc1Cc1ccccc1. The topological polar surface area (TPSA) is 108 Å². The van der Waals surface area contributed by atoms with Crippen LogP contribution in [0, 0.1) is 0 Å². The molecule has 0 radical (unpaired) electrons. The molecule has 2 amide bonds. The number of carbonyl (C=O) groups is 3. The Kier molecular flexibility index (Phi) is 5.79. The molecule has 7 heteroatoms. The normalized spacial score (nSPS) is 10.3. The first-order valence-electron chi connectivity index (χ1n) is 7.04. The molecule has 122 valence electrons. The van der Waals surface area contributed by atoms with E-state index in [1.807, 2.05) is 30.3 Å². The number of hydrogen-bond acceptors (Lipinski definition) is 4. The number of carboxylic acids is 1. The molecule has 1 aromatic carbocycles. The second kappa shape index (κ2) is 8.23. The van der Waals surface area contributed by atoms with Gasteiger partial charge >= 0.3 is 5.97 Å². The molecule has 0 aliphatic rings. The van der Waals surface area contributed by atoms with Gasteiger partial charge < -0.3 is 5.11 Å². The van der Waals surface area contributed by atoms with Crippen LogP contribution in [0.3, 0.4) is 0 Å². The molecule has 0 bridgehead atoms. The third-order valence-electron chi connectivity index (χ3n) is 3.07. The number of amides is 2. The predicted molar refractivity (Wildman–Crippen MR) is 85.9 cm³/mol. The summed E-state index contributed by atoms with van der Waals surface area (Å²) in [7, 11) is 0. The van der Waals surface area contributed by atoms with Crippen molar-refractivity contribution in [3.05, 3.63) is 77.6 Å². The molecule has 0 saturated carbocycles. The summed E-state index contributed by atoms with van der Waals surface area (Å²) >= 11 is 0. The van der Waals surface area contributed by atoms with Gasteiger partial charge in [-0.15, -0.1) is 0 Å². The van der Waals surface area contributed by atoms with Crippen molar-refractivity contribution in [2.24, 2.45) is 0 Å². The molecule has 0 aliphatic heterocycles. The number of aromatic nitrogens is 1. The van der Waals surface area contributed by atoms with Crippen LogP contribution in [-0.4, -0.2) is 27.9 Å². The van der Waals surface area contributed by atoms with Gasteiger partial charge in [0, 0.05) is 24.5 Å². The zero-order valence-corrected chi connectivity index (χ0v) is 12.6. The van der Waals surface area contributed by atoms with E-state index in [0.717, 1.165) is 17.2 Å². The first-order chi connectivity index (χ1) is 11.6. The summed E-state index contributed by atoms with van der Waals surface area (Å²) in [4.78, 5) is 37.8. The molecule has 0 fully saturated rings. The number of hydrogen-bond donors (Lipinski definition) is 3. The number of carboxylic acid groups (broad SMARTS) is 1. The van der Waals surface area contributed by atoms with Crippen LogP contribution in [0.5, 0.6) is 0 Å². The van der Waals surface area contributed by atoms with E-state index in [1.165, 1.54) is 6.20 Å². The number of aliphatic carboxylic acids is 1. The van der Waals surface area contributed by atoms with Crippen molar-refractivity contribution in [1.82, 2.24) is 15.8 Å². The van der Waals surface area contributed by atoms with Crippen molar-refractivity contribution >= 4 is 17.8 Å². The maximum atomic E-state index is 12.2. The number of benzene rings is 1. The van der Waals surface area contributed by atoms with Crippen LogP contribution >= 0.6 is 0 Å². The molecule has 0 unspecified atom stereocenters. The Morgan fingerprint density at radius 1 is 1.04 bits per heavy atom. The predicted octanol–water partition coefficient (Wildman–Crippen LogP) is 1.07. The molecule has 0 aliphatic carbocycles. The summed E-state index contributed by atoms with van der Waals surface area (Å²) in [5.74, 6) is -2.54. The van der Waals surface area contributed by atoms with Gasteiger partial charge in [0.2, 0.25) is 0 Å². The monoisotopic (exact) mass is 325 g/mol. The van der Waals surface area contributed by atoms with Crippen LogP contribution < -0.4 is 10.9 Å². The van der Waals surface area contributed by atoms with Crippen LogP contribution in [0.1, 0.15) is 21.5 Å². The molecule has 2 aromatic rings. The quantitative estimate of drug-likeness (QED) is 0.563. The van der Waals surface area contributed by atoms with E-state index in [-0.39, 0.29) is 0 Å². The third kappa shape index (κ3) is 5.06. The van der Waals surface area contributed by atoms with Gasteiger partial charge in [-0.05, 0) is 23.6 Å². The Morgan fingerprint density at radius 2 is 1.79 bits per heavy atom. The Morgan fingerprint density at radius 3 is 2.50 bits per heavy atom. The lowest BCUT2D eigenvalue weighted by Crippen LogP contribution is -2.41. The fraction of sp³-hybridized carbons (Fsp3) is 0.0588. The summed E-state index contributed by atoms with van der Waals surface area (Å²) in [5.41, 5.74) is 6.45. The van der Waals surface area contributed by atoms with E-state index < -0.39 is 17.8 Å². The number of hydrazine groups is 1. The Bertz CT molecular complexity index is 772. The van der Waals surface area contributed by atoms with E-state index in [2.05, 4.69) is 15.8 Å². The molecule has 0 saturated heterocycles. The van der Waals surface area contributed by atoms with Crippen molar-refractivity contribution < 1.29 is 19.5 Å². The molecule has 0 spiro atoms. The number of nitrogens with one attached hydrogen (secondary N) is 2. The fourth-order valence-electron chi connectivity index (χ4n) is 1.97. The lowest BCUT2D eigenvalue weighted by atomic mass is 10.0. The molecular weight excluding hydrogens is 310 g/mol. The highest BCUT2D eigenvalue weighted by Gasteiger charge is 2.12. The van der Waals surface area contributed by atoms with Crippen molar-refractivity contribution in [3.8, 4) is 0 Å². The largest absolute Gasteiger partial charge is 0.478 e. The summed E-state index contributed by atoms with van der Waals surface area (Å²) < 4.78 is 0. The highest BCUT2D eigenvalue weighted by Crippen LogP contribution is 2.13. The number of rotatable bonds is 5. The minimum absolute atomic E-state index is 0.323. The van der Waals surface area contributed by atoms with Gasteiger partial charge in [0.25, 0.3) is 11.8 Å². The highest BCUT2D eigenvalue weighted by molar-refractivity contribution is 5.99. The van der Waals surface area contributed by atoms with Gasteiger partial charge in [0.15, 0.2) is 0 Å². The number of carbonyl (C=O) groups excluding carboxylic acids is 2. The summed E-state index contributed by atoms with van der Waals surface area (Å²) in [6, 6.07) is 11.3. The fourth-order valence-corrected chi connectivity index (χ4v) is 1.97. The molecule has 3 N–H and O–H groups in total. The van der Waals surface area contributed by atoms with Gasteiger partial charge in [-0.3, -0.25) is 25.4 Å². The lowest BCUT2D eigenvalue weighted by Gasteiger charge is -2.10. The average Bonchev–Trinajstić information content (AvgIpc) is 2.59. The molecule has 2 rings (SSSR count). The van der Waals surface area contributed by atoms with Gasteiger partial charge in [-0.1, -0.05) is 30.3 Å². The van der Waals surface area contributed by atoms with E-state index in [9.17, 15) is 14.4 Å². The van der Waals surface area contributed by atoms with Gasteiger partial charge in [0.05, 0.1) is 5.56 Å². The second-order valence-corrected chi connectivity index (χ2v) is 4.81. The van der Waals surface area contributed by atoms with E-state index in [1.54, 1.807) is 12.3 Å². The summed E-state index contributed by atoms with van der Waals surface area (Å²) in [6.07, 6.45) is 5.01. The van der Waals surface area contributed by atoms with Gasteiger partial charge in [0.1, 0.15) is 0 Å².